The largest absolute Gasteiger partial charge is 0.530 e. The molecule has 1 amide bonds. The van der Waals surface area contributed by atoms with Gasteiger partial charge in [0.05, 0.1) is 18.2 Å². The van der Waals surface area contributed by atoms with Gasteiger partial charge >= 0.3 is 0 Å². The van der Waals surface area contributed by atoms with E-state index in [1.54, 1.807) is 30.2 Å². The van der Waals surface area contributed by atoms with E-state index in [9.17, 15) is 9.90 Å². The van der Waals surface area contributed by atoms with Gasteiger partial charge in [0.2, 0.25) is 0 Å². The molecular formula is C26H29ClFN2O3-. The predicted octanol–water partition coefficient (Wildman–Crippen LogP) is 4.52. The van der Waals surface area contributed by atoms with E-state index in [0.717, 1.165) is 43.6 Å². The molecule has 2 atom stereocenters. The highest BCUT2D eigenvalue weighted by Gasteiger charge is 2.48. The first-order valence-electron chi connectivity index (χ1n) is 11.6. The number of fused-ring (bicyclic) bond motifs is 4. The lowest BCUT2D eigenvalue weighted by atomic mass is 9.79. The van der Waals surface area contributed by atoms with Crippen LogP contribution < -0.4 is 9.84 Å². The van der Waals surface area contributed by atoms with Crippen molar-refractivity contribution in [2.24, 2.45) is 11.3 Å². The smallest absolute Gasteiger partial charge is 0.137 e. The van der Waals surface area contributed by atoms with Crippen molar-refractivity contribution < 1.29 is 19.0 Å². The molecule has 2 aromatic carbocycles. The Morgan fingerprint density at radius 1 is 1.21 bits per heavy atom. The number of nitrogens with zero attached hydrogens (tertiary/aromatic N) is 2. The molecule has 0 N–H and O–H groups in total. The maximum Gasteiger partial charge on any atom is 0.137 e. The number of carboxylic acid groups (broad SMARTS) is 1. The van der Waals surface area contributed by atoms with E-state index in [0.29, 0.717) is 34.2 Å². The molecule has 2 bridgehead atoms. The van der Waals surface area contributed by atoms with Gasteiger partial charge < -0.3 is 24.4 Å². The second kappa shape index (κ2) is 8.17. The van der Waals surface area contributed by atoms with Crippen molar-refractivity contribution in [1.82, 2.24) is 9.80 Å². The van der Waals surface area contributed by atoms with Crippen LogP contribution in [0.1, 0.15) is 43.9 Å². The third-order valence-electron chi connectivity index (χ3n) is 7.84. The molecule has 176 valence electrons. The fraction of sp³-hybridized carbons (Fsp3) is 0.500. The van der Waals surface area contributed by atoms with Crippen molar-refractivity contribution in [2.45, 2.75) is 45.2 Å². The molecule has 0 radical (unpaired) electrons. The number of hydrogen-bond acceptors (Lipinski definition) is 4. The van der Waals surface area contributed by atoms with Crippen molar-refractivity contribution in [1.29, 1.82) is 0 Å². The molecule has 3 saturated heterocycles. The van der Waals surface area contributed by atoms with E-state index in [2.05, 4.69) is 18.7 Å². The Labute approximate surface area is 199 Å². The maximum atomic E-state index is 15.5. The normalized spacial score (nSPS) is 27.3. The lowest BCUT2D eigenvalue weighted by Crippen LogP contribution is -2.62. The van der Waals surface area contributed by atoms with Crippen LogP contribution in [0.3, 0.4) is 0 Å². The van der Waals surface area contributed by atoms with Crippen LogP contribution in [0, 0.1) is 17.2 Å². The third kappa shape index (κ3) is 3.77. The third-order valence-corrected chi connectivity index (χ3v) is 8.16. The van der Waals surface area contributed by atoms with Crippen LogP contribution >= 0.6 is 11.6 Å². The van der Waals surface area contributed by atoms with Gasteiger partial charge in [0, 0.05) is 23.7 Å². The summed E-state index contributed by atoms with van der Waals surface area (Å²) in [5, 5.41) is 12.9. The molecule has 0 spiro atoms. The van der Waals surface area contributed by atoms with Gasteiger partial charge in [-0.15, -0.1) is 0 Å². The van der Waals surface area contributed by atoms with E-state index < -0.39 is 18.0 Å². The minimum absolute atomic E-state index is 0.119. The van der Waals surface area contributed by atoms with Gasteiger partial charge in [0.1, 0.15) is 17.7 Å². The summed E-state index contributed by atoms with van der Waals surface area (Å²) in [6, 6.07) is 7.97. The highest BCUT2D eigenvalue weighted by molar-refractivity contribution is 6.33. The lowest BCUT2D eigenvalue weighted by Gasteiger charge is -2.53. The van der Waals surface area contributed by atoms with Crippen LogP contribution in [0.5, 0.6) is 5.75 Å². The van der Waals surface area contributed by atoms with Gasteiger partial charge in [-0.05, 0) is 85.1 Å². The van der Waals surface area contributed by atoms with Crippen LogP contribution in [0.4, 0.5) is 9.18 Å². The molecule has 0 saturated carbocycles. The standard InChI is InChI=1S/C26H30ClFN2O3/c1-26(2)13-16-10-20(18-5-4-17(33-3)11-21(18)27)22(28)12-19(16)24(26)30(25(31)32)23-14-29-8-6-15(23)7-9-29/h4-5,10-12,15,23-24H,6-9,13-14H2,1-3H3,(H,31,32)/p-1/t23-,24+/m1/s1. The number of ether oxygens (including phenoxy) is 1. The van der Waals surface area contributed by atoms with Gasteiger partial charge in [-0.1, -0.05) is 25.4 Å². The lowest BCUT2D eigenvalue weighted by molar-refractivity contribution is -0.276. The average Bonchev–Trinajstić information content (AvgIpc) is 3.03. The van der Waals surface area contributed by atoms with Crippen LogP contribution in [-0.4, -0.2) is 48.7 Å². The first-order valence-corrected chi connectivity index (χ1v) is 12.0. The van der Waals surface area contributed by atoms with Crippen molar-refractivity contribution in [3.63, 3.8) is 0 Å². The summed E-state index contributed by atoms with van der Waals surface area (Å²) in [7, 11) is 1.56. The molecule has 7 heteroatoms. The molecule has 3 aliphatic heterocycles. The topological polar surface area (TPSA) is 55.8 Å². The number of benzene rings is 2. The Hall–Kier alpha value is -2.31. The van der Waals surface area contributed by atoms with E-state index in [-0.39, 0.29) is 11.5 Å². The highest BCUT2D eigenvalue weighted by Crippen LogP contribution is 2.52. The molecule has 1 aliphatic carbocycles. The van der Waals surface area contributed by atoms with Gasteiger partial charge in [0.15, 0.2) is 0 Å². The van der Waals surface area contributed by atoms with E-state index in [1.165, 1.54) is 6.07 Å². The molecule has 2 aromatic rings. The average molecular weight is 472 g/mol. The molecule has 3 heterocycles. The predicted molar refractivity (Wildman–Crippen MR) is 124 cm³/mol. The number of carbonyl (C=O) groups is 1. The summed E-state index contributed by atoms with van der Waals surface area (Å²) in [6.45, 7) is 6.89. The van der Waals surface area contributed by atoms with Crippen molar-refractivity contribution in [3.05, 3.63) is 52.3 Å². The van der Waals surface area contributed by atoms with Crippen LogP contribution in [0.15, 0.2) is 30.3 Å². The minimum atomic E-state index is -1.16. The quantitative estimate of drug-likeness (QED) is 0.658. The summed E-state index contributed by atoms with van der Waals surface area (Å²) < 4.78 is 20.7. The minimum Gasteiger partial charge on any atom is -0.530 e. The Bertz CT molecular complexity index is 1100. The van der Waals surface area contributed by atoms with E-state index in [1.807, 2.05) is 6.07 Å². The molecule has 6 rings (SSSR count). The van der Waals surface area contributed by atoms with Crippen molar-refractivity contribution in [3.8, 4) is 16.9 Å². The second-order valence-corrected chi connectivity index (χ2v) is 10.7. The zero-order chi connectivity index (χ0) is 23.5. The number of amides is 1. The van der Waals surface area contributed by atoms with Gasteiger partial charge in [-0.3, -0.25) is 0 Å². The fourth-order valence-corrected chi connectivity index (χ4v) is 6.58. The number of carbonyl (C=O) groups excluding carboxylic acids is 1. The molecule has 5 nitrogen and oxygen atoms in total. The first kappa shape index (κ1) is 22.5. The van der Waals surface area contributed by atoms with E-state index in [4.69, 9.17) is 16.3 Å². The zero-order valence-corrected chi connectivity index (χ0v) is 20.0. The molecular weight excluding hydrogens is 443 g/mol. The molecule has 0 aromatic heterocycles. The Balaban J connectivity index is 1.57. The number of halogens is 2. The van der Waals surface area contributed by atoms with Gasteiger partial charge in [-0.25, -0.2) is 4.39 Å². The van der Waals surface area contributed by atoms with Gasteiger partial charge in [-0.2, -0.15) is 0 Å². The van der Waals surface area contributed by atoms with Crippen molar-refractivity contribution >= 4 is 17.7 Å². The number of piperidine rings is 3. The molecule has 0 unspecified atom stereocenters. The van der Waals surface area contributed by atoms with Crippen molar-refractivity contribution in [2.75, 3.05) is 26.7 Å². The summed E-state index contributed by atoms with van der Waals surface area (Å²) in [4.78, 5) is 16.4. The summed E-state index contributed by atoms with van der Waals surface area (Å²) in [5.74, 6) is 0.527. The van der Waals surface area contributed by atoms with Gasteiger partial charge in [0.25, 0.3) is 0 Å². The summed E-state index contributed by atoms with van der Waals surface area (Å²) in [6.07, 6.45) is 1.48. The Morgan fingerprint density at radius 2 is 1.94 bits per heavy atom. The second-order valence-electron chi connectivity index (χ2n) is 10.3. The summed E-state index contributed by atoms with van der Waals surface area (Å²) in [5.41, 5.74) is 2.32. The van der Waals surface area contributed by atoms with Crippen LogP contribution in [-0.2, 0) is 6.42 Å². The van der Waals surface area contributed by atoms with Crippen LogP contribution in [0.25, 0.3) is 11.1 Å². The van der Waals surface area contributed by atoms with Crippen LogP contribution in [0.2, 0.25) is 5.02 Å². The number of hydrogen-bond donors (Lipinski definition) is 0. The number of methoxy groups -OCH3 is 1. The first-order chi connectivity index (χ1) is 15.7. The molecule has 4 aliphatic rings. The molecule has 3 fully saturated rings. The maximum absolute atomic E-state index is 15.5. The summed E-state index contributed by atoms with van der Waals surface area (Å²) >= 11 is 6.43. The monoisotopic (exact) mass is 471 g/mol. The fourth-order valence-electron chi connectivity index (χ4n) is 6.30. The SMILES string of the molecule is COc1ccc(-c2cc3c(cc2F)[C@H](N(C(=O)[O-])[C@@H]2CN4CCC2CC4)C(C)(C)C3)c(Cl)c1. The highest BCUT2D eigenvalue weighted by atomic mass is 35.5. The molecule has 33 heavy (non-hydrogen) atoms. The Kier molecular flexibility index (Phi) is 5.57. The number of rotatable bonds is 4. The zero-order valence-electron chi connectivity index (χ0n) is 19.2. The van der Waals surface area contributed by atoms with E-state index >= 15 is 4.39 Å². The Morgan fingerprint density at radius 3 is 2.52 bits per heavy atom.